The first-order chi connectivity index (χ1) is 22.9. The van der Waals surface area contributed by atoms with Crippen LogP contribution in [0.2, 0.25) is 0 Å². The van der Waals surface area contributed by atoms with Crippen molar-refractivity contribution in [1.29, 1.82) is 0 Å². The minimum Gasteiger partial charge on any atom is -0.207 e. The van der Waals surface area contributed by atoms with E-state index < -0.39 is 45.8 Å². The topological polar surface area (TPSA) is 0 Å². The summed E-state index contributed by atoms with van der Waals surface area (Å²) in [4.78, 5) is 3.55. The maximum atomic E-state index is 13.7. The van der Waals surface area contributed by atoms with Gasteiger partial charge in [0.15, 0.2) is 64.3 Å². The summed E-state index contributed by atoms with van der Waals surface area (Å²) in [7, 11) is -1.75. The number of hydrogen-bond acceptors (Lipinski definition) is 0. The first-order valence-electron chi connectivity index (χ1n) is 13.7. The van der Waals surface area contributed by atoms with Crippen molar-refractivity contribution in [3.8, 4) is 0 Å². The highest BCUT2D eigenvalue weighted by atomic mass is 127. The van der Waals surface area contributed by atoms with Crippen LogP contribution in [-0.4, -0.2) is 0 Å². The van der Waals surface area contributed by atoms with Gasteiger partial charge in [0.05, 0.1) is 21.8 Å². The molecule has 0 saturated heterocycles. The van der Waals surface area contributed by atoms with Gasteiger partial charge in [-0.15, -0.1) is 0 Å². The molecule has 0 radical (unpaired) electrons. The van der Waals surface area contributed by atoms with E-state index in [2.05, 4.69) is 34.7 Å². The zero-order valence-corrected chi connectivity index (χ0v) is 30.1. The Morgan fingerprint density at radius 3 is 0.812 bits per heavy atom. The van der Waals surface area contributed by atoms with Crippen LogP contribution in [0.3, 0.4) is 0 Å². The molecule has 0 heterocycles. The maximum absolute atomic E-state index is 13.7. The van der Waals surface area contributed by atoms with E-state index >= 15 is 0 Å². The van der Waals surface area contributed by atoms with Crippen LogP contribution in [0, 0.1) is 53.7 Å². The predicted molar refractivity (Wildman–Crippen MR) is 188 cm³/mol. The SMILES string of the molecule is Fc1cc([S+](c2ccc(I)cc2)c2cc(F)c(F)c(F)c2)cc(F)c1F.Fc1ccc([S+](c2ccc(F)cc2)c2ccc(I)cc2)cc1. The molecule has 0 atom stereocenters. The molecule has 0 aliphatic carbocycles. The molecule has 0 saturated carbocycles. The molecule has 0 bridgehead atoms. The fourth-order valence-corrected chi connectivity index (χ4v) is 9.27. The minimum absolute atomic E-state index is 0.0342. The van der Waals surface area contributed by atoms with Gasteiger partial charge >= 0.3 is 0 Å². The summed E-state index contributed by atoms with van der Waals surface area (Å²) < 4.78 is 110. The van der Waals surface area contributed by atoms with Gasteiger partial charge in [-0.1, -0.05) is 0 Å². The van der Waals surface area contributed by atoms with Gasteiger partial charge in [-0.2, -0.15) is 0 Å². The van der Waals surface area contributed by atoms with Crippen molar-refractivity contribution >= 4 is 67.0 Å². The molecule has 0 N–H and O–H groups in total. The fraction of sp³-hybridized carbons (Fsp3) is 0. The molecule has 6 aromatic rings. The van der Waals surface area contributed by atoms with Crippen LogP contribution in [0.25, 0.3) is 0 Å². The third kappa shape index (κ3) is 8.74. The highest BCUT2D eigenvalue weighted by Gasteiger charge is 2.33. The second kappa shape index (κ2) is 16.1. The van der Waals surface area contributed by atoms with Gasteiger partial charge in [0, 0.05) is 31.4 Å². The largest absolute Gasteiger partial charge is 0.207 e. The number of hydrogen-bond donors (Lipinski definition) is 0. The molecule has 0 amide bonds. The number of benzene rings is 6. The van der Waals surface area contributed by atoms with Crippen molar-refractivity contribution in [3.05, 3.63) is 175 Å². The Hall–Kier alpha value is -3.08. The van der Waals surface area contributed by atoms with Crippen LogP contribution in [0.4, 0.5) is 35.1 Å². The van der Waals surface area contributed by atoms with E-state index in [9.17, 15) is 35.1 Å². The summed E-state index contributed by atoms with van der Waals surface area (Å²) in [5, 5.41) is 0. The molecular formula is C36H20F8I2S2+2. The van der Waals surface area contributed by atoms with Crippen LogP contribution < -0.4 is 0 Å². The molecule has 0 fully saturated rings. The first kappa shape index (κ1) is 36.2. The molecule has 0 spiro atoms. The Morgan fingerprint density at radius 1 is 0.312 bits per heavy atom. The Labute approximate surface area is 304 Å². The van der Waals surface area contributed by atoms with Crippen molar-refractivity contribution in [1.82, 2.24) is 0 Å². The second-order valence-electron chi connectivity index (χ2n) is 9.83. The zero-order valence-electron chi connectivity index (χ0n) is 24.1. The normalized spacial score (nSPS) is 11.1. The van der Waals surface area contributed by atoms with E-state index in [4.69, 9.17) is 0 Å². The molecule has 6 rings (SSSR count). The van der Waals surface area contributed by atoms with E-state index in [1.807, 2.05) is 34.7 Å². The lowest BCUT2D eigenvalue weighted by Crippen LogP contribution is -2.09. The smallest absolute Gasteiger partial charge is 0.194 e. The molecule has 0 nitrogen and oxygen atoms in total. The van der Waals surface area contributed by atoms with Crippen molar-refractivity contribution in [3.63, 3.8) is 0 Å². The molecule has 0 aliphatic rings. The standard InChI is InChI=1S/C18H8F6IS.C18H12F2IS/c19-13-5-11(6-14(20)17(13)23)26(10-3-1-9(25)2-4-10)12-7-15(21)18(24)16(22)8-12;19-13-1-7-16(8-2-13)22(17-9-3-14(20)4-10-17)18-11-5-15(21)6-12-18/h1-8H;1-12H/q2*+1. The predicted octanol–water partition coefficient (Wildman–Crippen LogP) is 11.9. The average Bonchev–Trinajstić information content (AvgIpc) is 3.06. The third-order valence-electron chi connectivity index (χ3n) is 6.58. The van der Waals surface area contributed by atoms with Crippen LogP contribution in [0.1, 0.15) is 0 Å². The van der Waals surface area contributed by atoms with Crippen molar-refractivity contribution in [2.75, 3.05) is 0 Å². The lowest BCUT2D eigenvalue weighted by atomic mass is 10.3. The first-order valence-corrected chi connectivity index (χ1v) is 18.3. The lowest BCUT2D eigenvalue weighted by molar-refractivity contribution is 0.442. The Balaban J connectivity index is 0.000000190. The summed E-state index contributed by atoms with van der Waals surface area (Å²) in [5.41, 5.74) is 0. The van der Waals surface area contributed by atoms with Crippen LogP contribution in [0.5, 0.6) is 0 Å². The Bertz CT molecular complexity index is 1810. The highest BCUT2D eigenvalue weighted by molar-refractivity contribution is 14.1. The second-order valence-corrected chi connectivity index (χ2v) is 16.4. The number of halogens is 10. The van der Waals surface area contributed by atoms with Crippen LogP contribution in [0.15, 0.2) is 151 Å². The van der Waals surface area contributed by atoms with E-state index in [1.54, 1.807) is 48.5 Å². The molecule has 0 unspecified atom stereocenters. The molecular weight excluding hydrogens is 902 g/mol. The van der Waals surface area contributed by atoms with E-state index in [1.165, 1.54) is 24.3 Å². The summed E-state index contributed by atoms with van der Waals surface area (Å²) in [6.45, 7) is 0. The fourth-order valence-electron chi connectivity index (χ4n) is 4.40. The Morgan fingerprint density at radius 2 is 0.542 bits per heavy atom. The summed E-state index contributed by atoms with van der Waals surface area (Å²) >= 11 is 4.31. The molecule has 48 heavy (non-hydrogen) atoms. The molecule has 6 aromatic carbocycles. The van der Waals surface area contributed by atoms with Crippen molar-refractivity contribution < 1.29 is 35.1 Å². The van der Waals surface area contributed by atoms with Crippen LogP contribution >= 0.6 is 45.2 Å². The van der Waals surface area contributed by atoms with E-state index in [-0.39, 0.29) is 32.3 Å². The van der Waals surface area contributed by atoms with Gasteiger partial charge in [-0.3, -0.25) is 0 Å². The summed E-state index contributed by atoms with van der Waals surface area (Å²) in [5.74, 6) is -9.50. The average molecular weight is 922 g/mol. The highest BCUT2D eigenvalue weighted by Crippen LogP contribution is 2.35. The molecule has 12 heteroatoms. The maximum Gasteiger partial charge on any atom is 0.194 e. The van der Waals surface area contributed by atoms with Crippen molar-refractivity contribution in [2.24, 2.45) is 0 Å². The monoisotopic (exact) mass is 922 g/mol. The molecule has 0 aliphatic heterocycles. The Kier molecular flexibility index (Phi) is 12.1. The molecule has 0 aromatic heterocycles. The van der Waals surface area contributed by atoms with E-state index in [0.29, 0.717) is 4.90 Å². The summed E-state index contributed by atoms with van der Waals surface area (Å²) in [6.07, 6.45) is 0. The van der Waals surface area contributed by atoms with Gasteiger partial charge in [0.25, 0.3) is 0 Å². The third-order valence-corrected chi connectivity index (χ3v) is 12.4. The zero-order chi connectivity index (χ0) is 34.5. The summed E-state index contributed by atoms with van der Waals surface area (Å²) in [6, 6.07) is 30.9. The van der Waals surface area contributed by atoms with Crippen molar-refractivity contribution in [2.45, 2.75) is 29.4 Å². The van der Waals surface area contributed by atoms with Crippen LogP contribution in [-0.2, 0) is 21.8 Å². The minimum atomic E-state index is -1.64. The number of rotatable bonds is 6. The van der Waals surface area contributed by atoms with Gasteiger partial charge in [0.1, 0.15) is 11.6 Å². The van der Waals surface area contributed by atoms with Gasteiger partial charge in [-0.25, -0.2) is 35.1 Å². The van der Waals surface area contributed by atoms with E-state index in [0.717, 1.165) is 46.1 Å². The molecule has 244 valence electrons. The quantitative estimate of drug-likeness (QED) is 0.0676. The van der Waals surface area contributed by atoms with Gasteiger partial charge in [-0.05, 0) is 142 Å². The lowest BCUT2D eigenvalue weighted by Gasteiger charge is -2.10. The van der Waals surface area contributed by atoms with Gasteiger partial charge in [0.2, 0.25) is 0 Å². The van der Waals surface area contributed by atoms with Gasteiger partial charge < -0.3 is 0 Å².